The van der Waals surface area contributed by atoms with Gasteiger partial charge in [0, 0.05) is 0 Å². The van der Waals surface area contributed by atoms with E-state index in [0.29, 0.717) is 0 Å². The number of hydrogen-bond acceptors (Lipinski definition) is 2. The lowest BCUT2D eigenvalue weighted by molar-refractivity contribution is 0.607. The van der Waals surface area contributed by atoms with Crippen molar-refractivity contribution in [2.24, 2.45) is 9.98 Å². The summed E-state index contributed by atoms with van der Waals surface area (Å²) in [6, 6.07) is 44.1. The summed E-state index contributed by atoms with van der Waals surface area (Å²) in [4.78, 5) is 10.7. The minimum absolute atomic E-state index is 0.810. The maximum atomic E-state index is 5.34. The van der Waals surface area contributed by atoms with E-state index in [4.69, 9.17) is 9.98 Å². The molecule has 0 saturated carbocycles. The first-order chi connectivity index (χ1) is 26.1. The molecule has 276 valence electrons. The molecule has 0 aliphatic rings. The van der Waals surface area contributed by atoms with Gasteiger partial charge in [-0.3, -0.25) is 9.98 Å². The van der Waals surface area contributed by atoms with Crippen molar-refractivity contribution < 1.29 is 0 Å². The van der Waals surface area contributed by atoms with Crippen LogP contribution < -0.4 is 0 Å². The topological polar surface area (TPSA) is 24.7 Å². The standard InChI is InChI=1S/C51H62N2/c1-5-8-10-12-14-19-27-41-35-45(42-28-20-16-21-29-42)37-46(36-41)53-51(7-3)40(4)52-47-38-49(43-30-22-17-23-31-43)48(34-26-15-13-11-9-6-2)50(39-47)44-32-24-18-25-33-44/h16-18,20-25,28-33,35-39H,5-15,19,26-27,34H2,1-4H3. The summed E-state index contributed by atoms with van der Waals surface area (Å²) in [5.41, 5.74) is 14.3. The summed E-state index contributed by atoms with van der Waals surface area (Å²) in [5, 5.41) is 0. The minimum atomic E-state index is 0.810. The molecule has 2 nitrogen and oxygen atoms in total. The molecule has 0 amide bonds. The number of nitrogens with zero attached hydrogens (tertiary/aromatic N) is 2. The van der Waals surface area contributed by atoms with Crippen molar-refractivity contribution in [3.05, 3.63) is 132 Å². The zero-order valence-corrected chi connectivity index (χ0v) is 33.0. The summed E-state index contributed by atoms with van der Waals surface area (Å²) in [7, 11) is 0. The van der Waals surface area contributed by atoms with Gasteiger partial charge in [-0.2, -0.15) is 0 Å². The maximum absolute atomic E-state index is 5.34. The first-order valence-electron chi connectivity index (χ1n) is 20.7. The average molecular weight is 703 g/mol. The Balaban J connectivity index is 1.51. The number of unbranched alkanes of at least 4 members (excludes halogenated alkanes) is 10. The van der Waals surface area contributed by atoms with Gasteiger partial charge >= 0.3 is 0 Å². The number of hydrogen-bond donors (Lipinski definition) is 0. The van der Waals surface area contributed by atoms with Crippen LogP contribution in [-0.2, 0) is 12.8 Å². The summed E-state index contributed by atoms with van der Waals surface area (Å²) >= 11 is 0. The molecule has 0 heterocycles. The molecule has 5 aromatic carbocycles. The van der Waals surface area contributed by atoms with Crippen LogP contribution in [0, 0.1) is 0 Å². The van der Waals surface area contributed by atoms with Gasteiger partial charge in [0.15, 0.2) is 0 Å². The Kier molecular flexibility index (Phi) is 16.3. The number of aryl methyl sites for hydroxylation is 1. The Morgan fingerprint density at radius 2 is 0.906 bits per heavy atom. The smallest absolute Gasteiger partial charge is 0.0646 e. The normalized spacial score (nSPS) is 12.0. The molecule has 0 bridgehead atoms. The highest BCUT2D eigenvalue weighted by molar-refractivity contribution is 6.42. The highest BCUT2D eigenvalue weighted by atomic mass is 14.8. The molecule has 5 rings (SSSR count). The highest BCUT2D eigenvalue weighted by Gasteiger charge is 2.15. The molecule has 0 radical (unpaired) electrons. The average Bonchev–Trinajstić information content (AvgIpc) is 3.20. The number of rotatable bonds is 21. The van der Waals surface area contributed by atoms with Gasteiger partial charge in [0.25, 0.3) is 0 Å². The Hall–Kier alpha value is -4.56. The van der Waals surface area contributed by atoms with E-state index >= 15 is 0 Å². The first-order valence-corrected chi connectivity index (χ1v) is 20.7. The number of benzene rings is 5. The third kappa shape index (κ3) is 12.2. The molecule has 0 aromatic heterocycles. The Morgan fingerprint density at radius 1 is 0.434 bits per heavy atom. The lowest BCUT2D eigenvalue weighted by atomic mass is 9.88. The van der Waals surface area contributed by atoms with E-state index in [9.17, 15) is 0 Å². The molecule has 0 aliphatic heterocycles. The van der Waals surface area contributed by atoms with Crippen LogP contribution >= 0.6 is 0 Å². The molecule has 0 spiro atoms. The quantitative estimate of drug-likeness (QED) is 0.0537. The third-order valence-corrected chi connectivity index (χ3v) is 10.4. The largest absolute Gasteiger partial charge is 0.252 e. The van der Waals surface area contributed by atoms with Crippen molar-refractivity contribution in [1.29, 1.82) is 0 Å². The fourth-order valence-corrected chi connectivity index (χ4v) is 7.44. The van der Waals surface area contributed by atoms with Gasteiger partial charge in [0.05, 0.1) is 22.8 Å². The van der Waals surface area contributed by atoms with Crippen molar-refractivity contribution in [3.8, 4) is 33.4 Å². The fourth-order valence-electron chi connectivity index (χ4n) is 7.44. The lowest BCUT2D eigenvalue weighted by Gasteiger charge is -2.18. The minimum Gasteiger partial charge on any atom is -0.252 e. The predicted octanol–water partition coefficient (Wildman–Crippen LogP) is 15.8. The molecule has 0 aliphatic carbocycles. The van der Waals surface area contributed by atoms with Crippen LogP contribution in [0.4, 0.5) is 11.4 Å². The predicted molar refractivity (Wildman–Crippen MR) is 234 cm³/mol. The van der Waals surface area contributed by atoms with Gasteiger partial charge in [-0.05, 0) is 108 Å². The van der Waals surface area contributed by atoms with Gasteiger partial charge < -0.3 is 0 Å². The van der Waals surface area contributed by atoms with Crippen LogP contribution in [0.15, 0.2) is 131 Å². The second kappa shape index (κ2) is 21.8. The van der Waals surface area contributed by atoms with E-state index in [1.54, 1.807) is 0 Å². The molecule has 0 N–H and O–H groups in total. The van der Waals surface area contributed by atoms with E-state index < -0.39 is 0 Å². The second-order valence-corrected chi connectivity index (χ2v) is 14.7. The maximum Gasteiger partial charge on any atom is 0.0646 e. The highest BCUT2D eigenvalue weighted by Crippen LogP contribution is 2.38. The Morgan fingerprint density at radius 3 is 1.43 bits per heavy atom. The van der Waals surface area contributed by atoms with Crippen molar-refractivity contribution in [1.82, 2.24) is 0 Å². The Labute approximate surface area is 321 Å². The molecular weight excluding hydrogens is 641 g/mol. The van der Waals surface area contributed by atoms with Gasteiger partial charge in [-0.15, -0.1) is 0 Å². The second-order valence-electron chi connectivity index (χ2n) is 14.7. The first kappa shape index (κ1) is 39.6. The molecule has 5 aromatic rings. The monoisotopic (exact) mass is 702 g/mol. The molecule has 0 saturated heterocycles. The third-order valence-electron chi connectivity index (χ3n) is 10.4. The van der Waals surface area contributed by atoms with Gasteiger partial charge in [0.2, 0.25) is 0 Å². The van der Waals surface area contributed by atoms with E-state index in [-0.39, 0.29) is 0 Å². The zero-order chi connectivity index (χ0) is 37.1. The SMILES string of the molecule is CCCCCCCCc1cc(N=C(CC)C(C)=Nc2cc(-c3ccccc3)c(CCCCCCCC)c(-c3ccccc3)c2)cc(-c2ccccc2)c1. The lowest BCUT2D eigenvalue weighted by Crippen LogP contribution is -2.08. The van der Waals surface area contributed by atoms with E-state index in [2.05, 4.69) is 149 Å². The van der Waals surface area contributed by atoms with Crippen molar-refractivity contribution in [3.63, 3.8) is 0 Å². The molecule has 2 heteroatoms. The summed E-state index contributed by atoms with van der Waals surface area (Å²) in [5.74, 6) is 0. The molecule has 53 heavy (non-hydrogen) atoms. The van der Waals surface area contributed by atoms with Crippen molar-refractivity contribution >= 4 is 22.8 Å². The molecule has 0 fully saturated rings. The summed E-state index contributed by atoms with van der Waals surface area (Å²) in [6.07, 6.45) is 18.5. The summed E-state index contributed by atoms with van der Waals surface area (Å²) in [6.45, 7) is 8.90. The van der Waals surface area contributed by atoms with Crippen LogP contribution in [0.25, 0.3) is 33.4 Å². The van der Waals surface area contributed by atoms with Gasteiger partial charge in [0.1, 0.15) is 0 Å². The van der Waals surface area contributed by atoms with Crippen molar-refractivity contribution in [2.75, 3.05) is 0 Å². The van der Waals surface area contributed by atoms with Gasteiger partial charge in [-0.25, -0.2) is 0 Å². The number of aliphatic imine (C=N–C) groups is 2. The van der Waals surface area contributed by atoms with E-state index in [0.717, 1.165) is 42.1 Å². The van der Waals surface area contributed by atoms with E-state index in [1.165, 1.54) is 122 Å². The van der Waals surface area contributed by atoms with Crippen LogP contribution in [-0.4, -0.2) is 11.4 Å². The van der Waals surface area contributed by atoms with Crippen molar-refractivity contribution in [2.45, 2.75) is 124 Å². The fraction of sp³-hybridized carbons (Fsp3) is 0.373. The Bertz CT molecular complexity index is 1810. The van der Waals surface area contributed by atoms with Gasteiger partial charge in [-0.1, -0.05) is 182 Å². The molecule has 0 unspecified atom stereocenters. The van der Waals surface area contributed by atoms with Crippen LogP contribution in [0.3, 0.4) is 0 Å². The summed E-state index contributed by atoms with van der Waals surface area (Å²) < 4.78 is 0. The van der Waals surface area contributed by atoms with E-state index in [1.807, 2.05) is 0 Å². The molecule has 0 atom stereocenters. The van der Waals surface area contributed by atoms with Crippen LogP contribution in [0.2, 0.25) is 0 Å². The molecular formula is C51H62N2. The zero-order valence-electron chi connectivity index (χ0n) is 33.0. The van der Waals surface area contributed by atoms with Crippen LogP contribution in [0.5, 0.6) is 0 Å². The van der Waals surface area contributed by atoms with Crippen LogP contribution in [0.1, 0.15) is 122 Å².